The zero-order valence-corrected chi connectivity index (χ0v) is 17.7. The third-order valence-electron chi connectivity index (χ3n) is 5.56. The van der Waals surface area contributed by atoms with Gasteiger partial charge in [0.25, 0.3) is 5.91 Å². The molecule has 0 spiro atoms. The first kappa shape index (κ1) is 20.0. The third-order valence-corrected chi connectivity index (χ3v) is 6.49. The van der Waals surface area contributed by atoms with Crippen molar-refractivity contribution in [3.05, 3.63) is 45.4 Å². The minimum Gasteiger partial charge on any atom is -0.368 e. The second-order valence-corrected chi connectivity index (χ2v) is 8.98. The van der Waals surface area contributed by atoms with Crippen LogP contribution in [0.2, 0.25) is 0 Å². The highest BCUT2D eigenvalue weighted by Gasteiger charge is 2.29. The number of aromatic nitrogens is 1. The second-order valence-electron chi connectivity index (χ2n) is 8.09. The molecule has 0 bridgehead atoms. The zero-order valence-electron chi connectivity index (χ0n) is 16.9. The Morgan fingerprint density at radius 3 is 2.79 bits per heavy atom. The van der Waals surface area contributed by atoms with Crippen molar-refractivity contribution in [1.29, 1.82) is 0 Å². The monoisotopic (exact) mass is 413 g/mol. The number of carbonyl (C=O) groups excluding carboxylic acids is 2. The third kappa shape index (κ3) is 4.51. The Morgan fingerprint density at radius 2 is 2.03 bits per heavy atom. The van der Waals surface area contributed by atoms with E-state index >= 15 is 0 Å². The maximum absolute atomic E-state index is 12.7. The molecule has 2 aromatic rings. The predicted molar refractivity (Wildman–Crippen MR) is 113 cm³/mol. The molecule has 154 valence electrons. The number of anilines is 1. The number of hydrogen-bond acceptors (Lipinski definition) is 5. The molecule has 0 saturated carbocycles. The molecule has 2 N–H and O–H groups in total. The number of fused-ring (bicyclic) bond motifs is 1. The van der Waals surface area contributed by atoms with Crippen molar-refractivity contribution >= 4 is 28.8 Å². The van der Waals surface area contributed by atoms with Crippen LogP contribution in [0, 0.1) is 5.92 Å². The van der Waals surface area contributed by atoms with Gasteiger partial charge in [-0.15, -0.1) is 11.3 Å². The zero-order chi connectivity index (χ0) is 20.4. The average molecular weight is 414 g/mol. The van der Waals surface area contributed by atoms with Crippen LogP contribution >= 0.6 is 11.3 Å². The van der Waals surface area contributed by atoms with E-state index in [1.165, 1.54) is 28.9 Å². The number of aryl methyl sites for hydroxylation is 2. The van der Waals surface area contributed by atoms with Crippen LogP contribution in [0.3, 0.4) is 0 Å². The lowest BCUT2D eigenvalue weighted by atomic mass is 10.0. The van der Waals surface area contributed by atoms with Crippen molar-refractivity contribution in [2.75, 3.05) is 11.9 Å². The van der Waals surface area contributed by atoms with Gasteiger partial charge >= 0.3 is 0 Å². The number of thiazole rings is 1. The molecule has 2 amide bonds. The number of hydrogen-bond donors (Lipinski definition) is 2. The maximum Gasteiger partial charge on any atom is 0.275 e. The Morgan fingerprint density at radius 1 is 1.21 bits per heavy atom. The molecule has 1 aromatic heterocycles. The molecular weight excluding hydrogens is 386 g/mol. The molecule has 6 nitrogen and oxygen atoms in total. The number of nitrogens with one attached hydrogen (secondary N) is 2. The summed E-state index contributed by atoms with van der Waals surface area (Å²) in [7, 11) is 0. The summed E-state index contributed by atoms with van der Waals surface area (Å²) in [6.07, 6.45) is 4.65. The number of carbonyl (C=O) groups is 2. The minimum absolute atomic E-state index is 0.0967. The van der Waals surface area contributed by atoms with Gasteiger partial charge in [-0.2, -0.15) is 0 Å². The van der Waals surface area contributed by atoms with Gasteiger partial charge < -0.3 is 15.4 Å². The van der Waals surface area contributed by atoms with Gasteiger partial charge in [-0.3, -0.25) is 9.59 Å². The van der Waals surface area contributed by atoms with Crippen LogP contribution in [0.4, 0.5) is 5.69 Å². The Bertz CT molecular complexity index is 902. The van der Waals surface area contributed by atoms with E-state index in [0.717, 1.165) is 36.4 Å². The lowest BCUT2D eigenvalue weighted by Gasteiger charge is -2.22. The van der Waals surface area contributed by atoms with E-state index in [1.54, 1.807) is 5.38 Å². The summed E-state index contributed by atoms with van der Waals surface area (Å²) in [6, 6.07) is 5.87. The molecule has 2 atom stereocenters. The summed E-state index contributed by atoms with van der Waals surface area (Å²) in [6.45, 7) is 4.70. The Hall–Kier alpha value is -2.25. The van der Waals surface area contributed by atoms with E-state index in [-0.39, 0.29) is 29.9 Å². The van der Waals surface area contributed by atoms with Gasteiger partial charge in [-0.25, -0.2) is 4.98 Å². The molecule has 29 heavy (non-hydrogen) atoms. The van der Waals surface area contributed by atoms with Crippen molar-refractivity contribution in [3.63, 3.8) is 0 Å². The molecule has 0 radical (unpaired) electrons. The van der Waals surface area contributed by atoms with Gasteiger partial charge in [0.1, 0.15) is 16.8 Å². The van der Waals surface area contributed by atoms with Crippen molar-refractivity contribution in [3.8, 4) is 0 Å². The SMILES string of the molecule is CC(C)[C@H](NC(=O)[C@@H]1CCCO1)c1nc(C(=O)Nc2ccc3c(c2)CCC3)cs1. The molecule has 1 aliphatic carbocycles. The van der Waals surface area contributed by atoms with Crippen molar-refractivity contribution in [1.82, 2.24) is 10.3 Å². The first-order valence-corrected chi connectivity index (χ1v) is 11.2. The maximum atomic E-state index is 12.7. The van der Waals surface area contributed by atoms with E-state index < -0.39 is 0 Å². The fraction of sp³-hybridized carbons (Fsp3) is 0.500. The first-order valence-electron chi connectivity index (χ1n) is 10.3. The smallest absolute Gasteiger partial charge is 0.275 e. The van der Waals surface area contributed by atoms with Gasteiger partial charge in [0.05, 0.1) is 6.04 Å². The van der Waals surface area contributed by atoms with E-state index in [4.69, 9.17) is 4.74 Å². The molecule has 4 rings (SSSR count). The molecule has 1 fully saturated rings. The fourth-order valence-electron chi connectivity index (χ4n) is 3.92. The molecule has 7 heteroatoms. The highest BCUT2D eigenvalue weighted by molar-refractivity contribution is 7.10. The van der Waals surface area contributed by atoms with Gasteiger partial charge in [0, 0.05) is 17.7 Å². The second kappa shape index (κ2) is 8.63. The molecule has 1 saturated heterocycles. The predicted octanol–water partition coefficient (Wildman–Crippen LogP) is 3.88. The fourth-order valence-corrected chi connectivity index (χ4v) is 4.94. The van der Waals surface area contributed by atoms with Gasteiger partial charge in [-0.05, 0) is 61.3 Å². The van der Waals surface area contributed by atoms with E-state index in [2.05, 4.69) is 27.8 Å². The number of amides is 2. The van der Waals surface area contributed by atoms with Crippen LogP contribution in [0.5, 0.6) is 0 Å². The Labute approximate surface area is 175 Å². The number of ether oxygens (including phenoxy) is 1. The summed E-state index contributed by atoms with van der Waals surface area (Å²) < 4.78 is 5.48. The normalized spacial score (nSPS) is 19.2. The van der Waals surface area contributed by atoms with Crippen LogP contribution in [0.1, 0.15) is 65.8 Å². The summed E-state index contributed by atoms with van der Waals surface area (Å²) in [5.41, 5.74) is 3.87. The van der Waals surface area contributed by atoms with E-state index in [1.807, 2.05) is 19.9 Å². The molecule has 1 aliphatic heterocycles. The summed E-state index contributed by atoms with van der Waals surface area (Å²) in [5.74, 6) is -0.168. The molecule has 0 unspecified atom stereocenters. The van der Waals surface area contributed by atoms with Gasteiger partial charge in [0.15, 0.2) is 0 Å². The van der Waals surface area contributed by atoms with Crippen LogP contribution in [-0.4, -0.2) is 29.5 Å². The van der Waals surface area contributed by atoms with Gasteiger partial charge in [0.2, 0.25) is 5.91 Å². The largest absolute Gasteiger partial charge is 0.368 e. The number of rotatable bonds is 6. The topological polar surface area (TPSA) is 80.3 Å². The van der Waals surface area contributed by atoms with Crippen molar-refractivity contribution in [2.24, 2.45) is 5.92 Å². The summed E-state index contributed by atoms with van der Waals surface area (Å²) >= 11 is 1.40. The standard InChI is InChI=1S/C22H27N3O3S/c1-13(2)19(25-21(27)18-7-4-10-28-18)22-24-17(12-29-22)20(26)23-16-9-8-14-5-3-6-15(14)11-16/h8-9,11-13,18-19H,3-7,10H2,1-2H3,(H,23,26)(H,25,27)/t18-,19-/m0/s1. The average Bonchev–Trinajstić information content (AvgIpc) is 3.46. The van der Waals surface area contributed by atoms with Crippen LogP contribution in [0.15, 0.2) is 23.6 Å². The lowest BCUT2D eigenvalue weighted by Crippen LogP contribution is -2.38. The number of nitrogens with zero attached hydrogens (tertiary/aromatic N) is 1. The Balaban J connectivity index is 1.44. The quantitative estimate of drug-likeness (QED) is 0.753. The molecule has 1 aromatic carbocycles. The molecule has 2 aliphatic rings. The summed E-state index contributed by atoms with van der Waals surface area (Å²) in [5, 5.41) is 8.51. The first-order chi connectivity index (χ1) is 14.0. The highest BCUT2D eigenvalue weighted by Crippen LogP contribution is 2.28. The minimum atomic E-state index is -0.376. The van der Waals surface area contributed by atoms with Crippen molar-refractivity contribution in [2.45, 2.75) is 58.1 Å². The van der Waals surface area contributed by atoms with Crippen LogP contribution in [-0.2, 0) is 22.4 Å². The highest BCUT2D eigenvalue weighted by atomic mass is 32.1. The molecular formula is C22H27N3O3S. The Kier molecular flexibility index (Phi) is 5.96. The lowest BCUT2D eigenvalue weighted by molar-refractivity contribution is -0.131. The summed E-state index contributed by atoms with van der Waals surface area (Å²) in [4.78, 5) is 29.7. The van der Waals surface area contributed by atoms with E-state index in [9.17, 15) is 9.59 Å². The van der Waals surface area contributed by atoms with Gasteiger partial charge in [-0.1, -0.05) is 19.9 Å². The van der Waals surface area contributed by atoms with Crippen molar-refractivity contribution < 1.29 is 14.3 Å². The van der Waals surface area contributed by atoms with Crippen LogP contribution < -0.4 is 10.6 Å². The van der Waals surface area contributed by atoms with E-state index in [0.29, 0.717) is 12.3 Å². The molecule has 2 heterocycles. The number of benzene rings is 1. The van der Waals surface area contributed by atoms with Crippen LogP contribution in [0.25, 0.3) is 0 Å².